The molecule has 10 heteroatoms. The minimum atomic E-state index is -3.84. The van der Waals surface area contributed by atoms with E-state index in [2.05, 4.69) is 14.8 Å². The Morgan fingerprint density at radius 2 is 2.17 bits per heavy atom. The molecule has 0 unspecified atom stereocenters. The lowest BCUT2D eigenvalue weighted by Gasteiger charge is -2.19. The molecule has 1 heterocycles. The van der Waals surface area contributed by atoms with Crippen LogP contribution in [0.15, 0.2) is 17.0 Å². The minimum absolute atomic E-state index is 0.0263. The largest absolute Gasteiger partial charge is 0.482 e. The third-order valence-electron chi connectivity index (χ3n) is 3.28. The van der Waals surface area contributed by atoms with Crippen LogP contribution in [0.1, 0.15) is 19.3 Å². The first kappa shape index (κ1) is 18.5. The number of methoxy groups -OCH3 is 1. The lowest BCUT2D eigenvalue weighted by atomic mass is 10.2. The average molecular weight is 377 g/mol. The molecule has 0 bridgehead atoms. The third kappa shape index (κ3) is 4.59. The molecule has 0 saturated carbocycles. The van der Waals surface area contributed by atoms with Crippen molar-refractivity contribution >= 4 is 39.2 Å². The lowest BCUT2D eigenvalue weighted by Crippen LogP contribution is -2.27. The van der Waals surface area contributed by atoms with Gasteiger partial charge in [0.05, 0.1) is 17.8 Å². The highest BCUT2D eigenvalue weighted by molar-refractivity contribution is 7.89. The summed E-state index contributed by atoms with van der Waals surface area (Å²) in [5.41, 5.74) is 0.327. The number of nitrogens with one attached hydrogen (secondary N) is 2. The summed E-state index contributed by atoms with van der Waals surface area (Å²) in [6, 6.07) is 2.60. The van der Waals surface area contributed by atoms with Gasteiger partial charge in [-0.3, -0.25) is 9.59 Å². The number of amides is 1. The molecule has 1 aromatic rings. The normalized spacial score (nSPS) is 13.7. The van der Waals surface area contributed by atoms with E-state index in [4.69, 9.17) is 16.3 Å². The van der Waals surface area contributed by atoms with E-state index >= 15 is 0 Å². The van der Waals surface area contributed by atoms with Crippen LogP contribution < -0.4 is 14.8 Å². The Balaban J connectivity index is 2.01. The average Bonchev–Trinajstić information content (AvgIpc) is 2.53. The van der Waals surface area contributed by atoms with Crippen LogP contribution in [0.3, 0.4) is 0 Å². The Labute approximate surface area is 144 Å². The number of hydrogen-bond acceptors (Lipinski definition) is 6. The van der Waals surface area contributed by atoms with Crippen molar-refractivity contribution in [1.29, 1.82) is 0 Å². The molecule has 8 nitrogen and oxygen atoms in total. The highest BCUT2D eigenvalue weighted by Crippen LogP contribution is 2.35. The number of rotatable bonds is 7. The molecule has 0 saturated heterocycles. The zero-order valence-corrected chi connectivity index (χ0v) is 14.5. The molecular formula is C14H17ClN2O6S. The highest BCUT2D eigenvalue weighted by atomic mass is 35.5. The van der Waals surface area contributed by atoms with Crippen molar-refractivity contribution in [1.82, 2.24) is 4.72 Å². The molecule has 1 amide bonds. The smallest absolute Gasteiger partial charge is 0.305 e. The number of sulfonamides is 1. The number of ether oxygens (including phenoxy) is 2. The van der Waals surface area contributed by atoms with Crippen LogP contribution in [0.2, 0.25) is 5.02 Å². The molecule has 24 heavy (non-hydrogen) atoms. The van der Waals surface area contributed by atoms with Crippen molar-refractivity contribution in [2.24, 2.45) is 0 Å². The number of unbranched alkanes of at least 4 members (excludes halogenated alkanes) is 1. The predicted octanol–water partition coefficient (Wildman–Crippen LogP) is 1.29. The van der Waals surface area contributed by atoms with Gasteiger partial charge < -0.3 is 14.8 Å². The van der Waals surface area contributed by atoms with Gasteiger partial charge >= 0.3 is 5.97 Å². The lowest BCUT2D eigenvalue weighted by molar-refractivity contribution is -0.140. The van der Waals surface area contributed by atoms with Crippen LogP contribution in [0, 0.1) is 0 Å². The Morgan fingerprint density at radius 3 is 2.88 bits per heavy atom. The Bertz CT molecular complexity index is 750. The van der Waals surface area contributed by atoms with Crippen molar-refractivity contribution in [3.63, 3.8) is 0 Å². The Morgan fingerprint density at radius 1 is 1.42 bits per heavy atom. The van der Waals surface area contributed by atoms with Crippen molar-refractivity contribution in [2.75, 3.05) is 25.6 Å². The van der Waals surface area contributed by atoms with Gasteiger partial charge in [0, 0.05) is 19.0 Å². The first-order valence-corrected chi connectivity index (χ1v) is 9.02. The number of esters is 1. The second-order valence-electron chi connectivity index (χ2n) is 5.05. The van der Waals surface area contributed by atoms with Gasteiger partial charge in [0.15, 0.2) is 6.61 Å². The zero-order chi connectivity index (χ0) is 17.7. The molecule has 0 radical (unpaired) electrons. The summed E-state index contributed by atoms with van der Waals surface area (Å²) in [7, 11) is -2.54. The molecule has 0 spiro atoms. The topological polar surface area (TPSA) is 111 Å². The van der Waals surface area contributed by atoms with E-state index in [9.17, 15) is 18.0 Å². The molecule has 1 aliphatic rings. The number of benzene rings is 1. The molecule has 1 aliphatic heterocycles. The van der Waals surface area contributed by atoms with Gasteiger partial charge in [0.1, 0.15) is 10.6 Å². The highest BCUT2D eigenvalue weighted by Gasteiger charge is 2.24. The fourth-order valence-corrected chi connectivity index (χ4v) is 3.68. The van der Waals surface area contributed by atoms with Gasteiger partial charge in [-0.25, -0.2) is 13.1 Å². The standard InChI is InChI=1S/C14H17ClN2O6S/c1-22-14(19)4-2-3-5-16-24(20,21)12-7-11-10(6-9(12)15)17-13(18)8-23-11/h6-7,16H,2-5,8H2,1H3,(H,17,18). The van der Waals surface area contributed by atoms with E-state index < -0.39 is 10.0 Å². The Hall–Kier alpha value is -1.84. The molecule has 0 fully saturated rings. The molecule has 2 rings (SSSR count). The minimum Gasteiger partial charge on any atom is -0.482 e. The number of hydrogen-bond donors (Lipinski definition) is 2. The second-order valence-corrected chi connectivity index (χ2v) is 7.19. The predicted molar refractivity (Wildman–Crippen MR) is 86.6 cm³/mol. The summed E-state index contributed by atoms with van der Waals surface area (Å²) in [5, 5.41) is 2.52. The molecule has 1 aromatic carbocycles. The summed E-state index contributed by atoms with van der Waals surface area (Å²) in [4.78, 5) is 22.1. The summed E-state index contributed by atoms with van der Waals surface area (Å²) >= 11 is 6.01. The molecule has 0 aromatic heterocycles. The van der Waals surface area contributed by atoms with Crippen molar-refractivity contribution in [3.05, 3.63) is 17.2 Å². The molecule has 0 atom stereocenters. The van der Waals surface area contributed by atoms with Crippen LogP contribution >= 0.6 is 11.6 Å². The fourth-order valence-electron chi connectivity index (χ4n) is 2.07. The van der Waals surface area contributed by atoms with Crippen LogP contribution in [-0.2, 0) is 24.3 Å². The molecular weight excluding hydrogens is 360 g/mol. The van der Waals surface area contributed by atoms with Crippen LogP contribution in [0.4, 0.5) is 5.69 Å². The van der Waals surface area contributed by atoms with E-state index in [-0.39, 0.29) is 47.1 Å². The van der Waals surface area contributed by atoms with Gasteiger partial charge in [-0.15, -0.1) is 0 Å². The van der Waals surface area contributed by atoms with E-state index in [1.165, 1.54) is 19.2 Å². The van der Waals surface area contributed by atoms with Gasteiger partial charge in [-0.2, -0.15) is 0 Å². The van der Waals surface area contributed by atoms with Crippen LogP contribution in [0.25, 0.3) is 0 Å². The van der Waals surface area contributed by atoms with Gasteiger partial charge in [0.2, 0.25) is 10.0 Å². The maximum atomic E-state index is 12.3. The number of halogens is 1. The molecule has 2 N–H and O–H groups in total. The van der Waals surface area contributed by atoms with Gasteiger partial charge in [-0.1, -0.05) is 11.6 Å². The maximum Gasteiger partial charge on any atom is 0.305 e. The van der Waals surface area contributed by atoms with Crippen molar-refractivity contribution in [2.45, 2.75) is 24.2 Å². The summed E-state index contributed by atoms with van der Waals surface area (Å²) in [6.07, 6.45) is 1.21. The SMILES string of the molecule is COC(=O)CCCCNS(=O)(=O)c1cc2c(cc1Cl)NC(=O)CO2. The first-order valence-electron chi connectivity index (χ1n) is 7.16. The quantitative estimate of drug-likeness (QED) is 0.548. The van der Waals surface area contributed by atoms with E-state index in [0.717, 1.165) is 0 Å². The molecule has 132 valence electrons. The summed E-state index contributed by atoms with van der Waals surface area (Å²) in [6.45, 7) is -0.0284. The van der Waals surface area contributed by atoms with Crippen molar-refractivity contribution in [3.8, 4) is 5.75 Å². The maximum absolute atomic E-state index is 12.3. The van der Waals surface area contributed by atoms with E-state index in [1.54, 1.807) is 0 Å². The van der Waals surface area contributed by atoms with E-state index in [1.807, 2.05) is 0 Å². The first-order chi connectivity index (χ1) is 11.3. The molecule has 0 aliphatic carbocycles. The Kier molecular flexibility index (Phi) is 6.03. The zero-order valence-electron chi connectivity index (χ0n) is 12.9. The van der Waals surface area contributed by atoms with Gasteiger partial charge in [-0.05, 0) is 18.9 Å². The van der Waals surface area contributed by atoms with Crippen LogP contribution in [0.5, 0.6) is 5.75 Å². The number of fused-ring (bicyclic) bond motifs is 1. The van der Waals surface area contributed by atoms with Crippen molar-refractivity contribution < 1.29 is 27.5 Å². The second kappa shape index (κ2) is 7.82. The number of anilines is 1. The fraction of sp³-hybridized carbons (Fsp3) is 0.429. The summed E-state index contributed by atoms with van der Waals surface area (Å²) in [5.74, 6) is -0.433. The monoisotopic (exact) mass is 376 g/mol. The summed E-state index contributed by atoms with van der Waals surface area (Å²) < 4.78 is 36.8. The number of carbonyl (C=O) groups excluding carboxylic acids is 2. The third-order valence-corrected chi connectivity index (χ3v) is 5.21. The van der Waals surface area contributed by atoms with E-state index in [0.29, 0.717) is 18.5 Å². The van der Waals surface area contributed by atoms with Crippen LogP contribution in [-0.4, -0.2) is 40.6 Å². The van der Waals surface area contributed by atoms with Gasteiger partial charge in [0.25, 0.3) is 5.91 Å². The number of carbonyl (C=O) groups is 2.